The van der Waals surface area contributed by atoms with E-state index in [9.17, 15) is 9.59 Å². The highest BCUT2D eigenvalue weighted by molar-refractivity contribution is 5.96. The molecule has 0 unspecified atom stereocenters. The first-order chi connectivity index (χ1) is 13.2. The van der Waals surface area contributed by atoms with Crippen molar-refractivity contribution in [3.05, 3.63) is 64.4 Å². The molecule has 0 amide bonds. The largest absolute Gasteiger partial charge is 0.442 e. The van der Waals surface area contributed by atoms with Crippen molar-refractivity contribution in [2.24, 2.45) is 0 Å². The fraction of sp³-hybridized carbons (Fsp3) is 0.350. The van der Waals surface area contributed by atoms with Crippen LogP contribution >= 0.6 is 0 Å². The van der Waals surface area contributed by atoms with Crippen molar-refractivity contribution in [2.75, 3.05) is 0 Å². The third-order valence-corrected chi connectivity index (χ3v) is 5.06. The van der Waals surface area contributed by atoms with E-state index in [-0.39, 0.29) is 24.0 Å². The number of carbonyl (C=O) groups is 1. The molecule has 0 radical (unpaired) electrons. The molecule has 7 nitrogen and oxygen atoms in total. The van der Waals surface area contributed by atoms with Gasteiger partial charge in [0, 0.05) is 18.0 Å². The van der Waals surface area contributed by atoms with Gasteiger partial charge in [-0.25, -0.2) is 19.3 Å². The first-order valence-electron chi connectivity index (χ1n) is 9.19. The van der Waals surface area contributed by atoms with Crippen molar-refractivity contribution in [1.29, 1.82) is 0 Å². The zero-order valence-electron chi connectivity index (χ0n) is 14.9. The Kier molecular flexibility index (Phi) is 4.91. The van der Waals surface area contributed by atoms with Gasteiger partial charge < -0.3 is 0 Å². The Morgan fingerprint density at radius 2 is 1.78 bits per heavy atom. The van der Waals surface area contributed by atoms with E-state index in [2.05, 4.69) is 15.1 Å². The molecule has 0 aliphatic heterocycles. The van der Waals surface area contributed by atoms with Crippen LogP contribution in [0, 0.1) is 0 Å². The molecule has 1 fully saturated rings. The Morgan fingerprint density at radius 3 is 2.48 bits per heavy atom. The van der Waals surface area contributed by atoms with E-state index < -0.39 is 5.76 Å². The average molecular weight is 364 g/mol. The molecule has 4 rings (SSSR count). The van der Waals surface area contributed by atoms with Crippen LogP contribution in [0.15, 0.2) is 52.0 Å². The summed E-state index contributed by atoms with van der Waals surface area (Å²) in [7, 11) is 0. The molecular weight excluding hydrogens is 344 g/mol. The zero-order valence-corrected chi connectivity index (χ0v) is 14.9. The van der Waals surface area contributed by atoms with Crippen molar-refractivity contribution < 1.29 is 9.32 Å². The summed E-state index contributed by atoms with van der Waals surface area (Å²) in [6, 6.07) is 9.39. The second-order valence-corrected chi connectivity index (χ2v) is 6.81. The lowest BCUT2D eigenvalue weighted by molar-refractivity contribution is 0.0969. The third kappa shape index (κ3) is 3.72. The number of ketones is 1. The normalized spacial score (nSPS) is 15.0. The molecule has 0 atom stereocenters. The van der Waals surface area contributed by atoms with Crippen molar-refractivity contribution >= 4 is 5.78 Å². The average Bonchev–Trinajstić information content (AvgIpc) is 3.09. The van der Waals surface area contributed by atoms with E-state index in [1.165, 1.54) is 50.1 Å². The molecule has 27 heavy (non-hydrogen) atoms. The molecule has 1 aliphatic rings. The van der Waals surface area contributed by atoms with Gasteiger partial charge in [-0.1, -0.05) is 48.7 Å². The predicted molar refractivity (Wildman–Crippen MR) is 98.4 cm³/mol. The van der Waals surface area contributed by atoms with Gasteiger partial charge >= 0.3 is 5.76 Å². The molecule has 1 aliphatic carbocycles. The fourth-order valence-electron chi connectivity index (χ4n) is 3.59. The van der Waals surface area contributed by atoms with Crippen molar-refractivity contribution in [3.63, 3.8) is 0 Å². The lowest BCUT2D eigenvalue weighted by Crippen LogP contribution is -2.21. The number of hydrogen-bond acceptors (Lipinski definition) is 6. The highest BCUT2D eigenvalue weighted by atomic mass is 16.5. The SMILES string of the molecule is O=C(Cn1c(-c2ncccn2)noc1=O)c1ccc(C2CCCCC2)cc1. The number of nitrogens with zero attached hydrogens (tertiary/aromatic N) is 4. The first kappa shape index (κ1) is 17.3. The Bertz CT molecular complexity index is 970. The molecular formula is C20H20N4O3. The maximum atomic E-state index is 12.7. The predicted octanol–water partition coefficient (Wildman–Crippen LogP) is 3.22. The van der Waals surface area contributed by atoms with Crippen molar-refractivity contribution in [3.8, 4) is 11.6 Å². The quantitative estimate of drug-likeness (QED) is 0.646. The molecule has 0 spiro atoms. The summed E-state index contributed by atoms with van der Waals surface area (Å²) < 4.78 is 5.87. The van der Waals surface area contributed by atoms with Gasteiger partial charge in [0.1, 0.15) is 0 Å². The summed E-state index contributed by atoms with van der Waals surface area (Å²) in [5.74, 6) is 0.0827. The number of aromatic nitrogens is 4. The number of hydrogen-bond donors (Lipinski definition) is 0. The monoisotopic (exact) mass is 364 g/mol. The van der Waals surface area contributed by atoms with Crippen LogP contribution < -0.4 is 5.76 Å². The molecule has 0 saturated heterocycles. The van der Waals surface area contributed by atoms with Gasteiger partial charge in [0.15, 0.2) is 11.6 Å². The number of rotatable bonds is 5. The fourth-order valence-corrected chi connectivity index (χ4v) is 3.59. The van der Waals surface area contributed by atoms with Crippen molar-refractivity contribution in [1.82, 2.24) is 19.7 Å². The summed E-state index contributed by atoms with van der Waals surface area (Å²) in [5.41, 5.74) is 1.84. The highest BCUT2D eigenvalue weighted by Crippen LogP contribution is 2.32. The Labute approximate surface area is 156 Å². The van der Waals surface area contributed by atoms with Gasteiger partial charge in [-0.05, 0) is 30.4 Å². The van der Waals surface area contributed by atoms with E-state index in [0.29, 0.717) is 11.5 Å². The summed E-state index contributed by atoms with van der Waals surface area (Å²) in [6.45, 7) is -0.168. The Balaban J connectivity index is 1.53. The lowest BCUT2D eigenvalue weighted by Gasteiger charge is -2.22. The summed E-state index contributed by atoms with van der Waals surface area (Å²) in [6.07, 6.45) is 9.36. The van der Waals surface area contributed by atoms with Gasteiger partial charge in [-0.15, -0.1) is 0 Å². The topological polar surface area (TPSA) is 90.9 Å². The van der Waals surface area contributed by atoms with Crippen LogP contribution in [-0.2, 0) is 6.54 Å². The van der Waals surface area contributed by atoms with Gasteiger partial charge in [-0.2, -0.15) is 0 Å². The van der Waals surface area contributed by atoms with Crippen molar-refractivity contribution in [2.45, 2.75) is 44.6 Å². The minimum Gasteiger partial charge on any atom is -0.295 e. The molecule has 1 saturated carbocycles. The smallest absolute Gasteiger partial charge is 0.295 e. The third-order valence-electron chi connectivity index (χ3n) is 5.06. The first-order valence-corrected chi connectivity index (χ1v) is 9.19. The summed E-state index contributed by atoms with van der Waals surface area (Å²) in [5, 5.41) is 3.71. The molecule has 7 heteroatoms. The molecule has 0 N–H and O–H groups in total. The van der Waals surface area contributed by atoms with E-state index in [1.807, 2.05) is 24.3 Å². The maximum absolute atomic E-state index is 12.7. The molecule has 138 valence electrons. The second kappa shape index (κ2) is 7.65. The van der Waals surface area contributed by atoms with Gasteiger partial charge in [0.25, 0.3) is 0 Å². The molecule has 2 heterocycles. The van der Waals surface area contributed by atoms with Crippen LogP contribution in [0.3, 0.4) is 0 Å². The van der Waals surface area contributed by atoms with Gasteiger partial charge in [-0.3, -0.25) is 9.32 Å². The lowest BCUT2D eigenvalue weighted by atomic mass is 9.84. The van der Waals surface area contributed by atoms with Crippen LogP contribution in [0.2, 0.25) is 0 Å². The van der Waals surface area contributed by atoms with E-state index in [0.717, 1.165) is 4.57 Å². The summed E-state index contributed by atoms with van der Waals surface area (Å²) >= 11 is 0. The number of benzene rings is 1. The molecule has 3 aromatic rings. The van der Waals surface area contributed by atoms with E-state index in [4.69, 9.17) is 4.52 Å². The summed E-state index contributed by atoms with van der Waals surface area (Å²) in [4.78, 5) is 32.8. The number of carbonyl (C=O) groups excluding carboxylic acids is 1. The maximum Gasteiger partial charge on any atom is 0.442 e. The number of Topliss-reactive ketones (excluding diaryl/α,β-unsaturated/α-hetero) is 1. The van der Waals surface area contributed by atoms with Crippen LogP contribution in [0.1, 0.15) is 53.9 Å². The van der Waals surface area contributed by atoms with E-state index >= 15 is 0 Å². The highest BCUT2D eigenvalue weighted by Gasteiger charge is 2.19. The van der Waals surface area contributed by atoms with E-state index in [1.54, 1.807) is 6.07 Å². The van der Waals surface area contributed by atoms with Crippen LogP contribution in [0.5, 0.6) is 0 Å². The second-order valence-electron chi connectivity index (χ2n) is 6.81. The molecule has 0 bridgehead atoms. The Morgan fingerprint density at radius 1 is 1.07 bits per heavy atom. The van der Waals surface area contributed by atoms with Gasteiger partial charge in [0.05, 0.1) is 6.54 Å². The van der Waals surface area contributed by atoms with Crippen LogP contribution in [-0.4, -0.2) is 25.5 Å². The molecule has 2 aromatic heterocycles. The Hall–Kier alpha value is -3.09. The van der Waals surface area contributed by atoms with Crippen LogP contribution in [0.4, 0.5) is 0 Å². The standard InChI is InChI=1S/C20H20N4O3/c25-17(16-9-7-15(8-10-16)14-5-2-1-3-6-14)13-24-19(23-27-20(24)26)18-21-11-4-12-22-18/h4,7-12,14H,1-3,5-6,13H2. The van der Waals surface area contributed by atoms with Crippen LogP contribution in [0.25, 0.3) is 11.6 Å². The minimum atomic E-state index is -0.704. The minimum absolute atomic E-state index is 0.146. The molecule has 1 aromatic carbocycles. The van der Waals surface area contributed by atoms with Gasteiger partial charge in [0.2, 0.25) is 5.82 Å². The zero-order chi connectivity index (χ0) is 18.6.